The third-order valence-corrected chi connectivity index (χ3v) is 3.43. The molecule has 2 N–H and O–H groups in total. The summed E-state index contributed by atoms with van der Waals surface area (Å²) >= 11 is 3.42. The van der Waals surface area contributed by atoms with E-state index >= 15 is 0 Å². The van der Waals surface area contributed by atoms with Gasteiger partial charge in [0.05, 0.1) is 0 Å². The van der Waals surface area contributed by atoms with Gasteiger partial charge >= 0.3 is 0 Å². The van der Waals surface area contributed by atoms with Gasteiger partial charge < -0.3 is 10.2 Å². The van der Waals surface area contributed by atoms with Gasteiger partial charge in [0, 0.05) is 10.0 Å². The minimum absolute atomic E-state index is 0.408. The van der Waals surface area contributed by atoms with Gasteiger partial charge in [-0.2, -0.15) is 0 Å². The van der Waals surface area contributed by atoms with Gasteiger partial charge in [0.25, 0.3) is 0 Å². The fraction of sp³-hybridized carbons (Fsp3) is 0.0667. The molecule has 100 valence electrons. The van der Waals surface area contributed by atoms with Crippen LogP contribution in [0.3, 0.4) is 0 Å². The number of nitrogens with two attached hydrogens (primary N) is 1. The normalized spacial score (nSPS) is 12.3. The Labute approximate surface area is 124 Å². The third-order valence-electron chi connectivity index (χ3n) is 2.94. The van der Waals surface area contributed by atoms with Crippen LogP contribution in [0.15, 0.2) is 63.5 Å². The first kappa shape index (κ1) is 13.0. The van der Waals surface area contributed by atoms with Crippen molar-refractivity contribution in [2.24, 2.45) is 5.73 Å². The Morgan fingerprint density at radius 3 is 2.55 bits per heavy atom. The summed E-state index contributed by atoms with van der Waals surface area (Å²) in [7, 11) is 0. The molecule has 3 aromatic rings. The minimum atomic E-state index is -0.412. The van der Waals surface area contributed by atoms with Crippen LogP contribution in [0.5, 0.6) is 0 Å². The quantitative estimate of drug-likeness (QED) is 0.798. The zero-order chi connectivity index (χ0) is 13.9. The standard InChI is InChI=1S/C15H12BrN3O/c16-12-8-4-7-11(9-12)14-18-19-15(20-14)13(17)10-5-2-1-3-6-10/h1-9,13H,17H2. The van der Waals surface area contributed by atoms with Crippen molar-refractivity contribution in [3.8, 4) is 11.5 Å². The minimum Gasteiger partial charge on any atom is -0.419 e. The first-order chi connectivity index (χ1) is 9.74. The van der Waals surface area contributed by atoms with E-state index in [1.165, 1.54) is 0 Å². The van der Waals surface area contributed by atoms with E-state index in [9.17, 15) is 0 Å². The molecule has 5 heteroatoms. The lowest BCUT2D eigenvalue weighted by atomic mass is 10.1. The number of benzene rings is 2. The lowest BCUT2D eigenvalue weighted by Gasteiger charge is -2.06. The zero-order valence-corrected chi connectivity index (χ0v) is 12.1. The van der Waals surface area contributed by atoms with Crippen LogP contribution in [0, 0.1) is 0 Å². The number of rotatable bonds is 3. The fourth-order valence-electron chi connectivity index (χ4n) is 1.90. The van der Waals surface area contributed by atoms with Crippen LogP contribution in [-0.2, 0) is 0 Å². The zero-order valence-electron chi connectivity index (χ0n) is 10.5. The predicted octanol–water partition coefficient (Wildman–Crippen LogP) is 3.55. The molecule has 0 amide bonds. The summed E-state index contributed by atoms with van der Waals surface area (Å²) in [5.41, 5.74) is 7.93. The highest BCUT2D eigenvalue weighted by atomic mass is 79.9. The topological polar surface area (TPSA) is 64.9 Å². The maximum absolute atomic E-state index is 6.13. The molecule has 0 spiro atoms. The number of hydrogen-bond donors (Lipinski definition) is 1. The highest BCUT2D eigenvalue weighted by Crippen LogP contribution is 2.25. The largest absolute Gasteiger partial charge is 0.419 e. The van der Waals surface area contributed by atoms with Crippen molar-refractivity contribution in [2.75, 3.05) is 0 Å². The van der Waals surface area contributed by atoms with Gasteiger partial charge in [-0.05, 0) is 23.8 Å². The molecule has 1 aromatic heterocycles. The van der Waals surface area contributed by atoms with E-state index in [2.05, 4.69) is 26.1 Å². The second-order valence-electron chi connectivity index (χ2n) is 4.34. The van der Waals surface area contributed by atoms with Crippen LogP contribution in [0.4, 0.5) is 0 Å². The third kappa shape index (κ3) is 2.64. The second-order valence-corrected chi connectivity index (χ2v) is 5.26. The Kier molecular flexibility index (Phi) is 3.62. The average Bonchev–Trinajstić information content (AvgIpc) is 2.97. The monoisotopic (exact) mass is 329 g/mol. The lowest BCUT2D eigenvalue weighted by molar-refractivity contribution is 0.484. The Morgan fingerprint density at radius 1 is 1.00 bits per heavy atom. The summed E-state index contributed by atoms with van der Waals surface area (Å²) in [4.78, 5) is 0. The number of aromatic nitrogens is 2. The van der Waals surface area contributed by atoms with Crippen LogP contribution < -0.4 is 5.73 Å². The molecule has 0 saturated heterocycles. The summed E-state index contributed by atoms with van der Waals surface area (Å²) < 4.78 is 6.63. The Balaban J connectivity index is 1.91. The van der Waals surface area contributed by atoms with Gasteiger partial charge in [-0.1, -0.05) is 52.3 Å². The summed E-state index contributed by atoms with van der Waals surface area (Å²) in [6.45, 7) is 0. The van der Waals surface area contributed by atoms with Crippen LogP contribution in [-0.4, -0.2) is 10.2 Å². The van der Waals surface area contributed by atoms with E-state index in [4.69, 9.17) is 10.2 Å². The molecule has 0 aliphatic carbocycles. The van der Waals surface area contributed by atoms with Crippen molar-refractivity contribution < 1.29 is 4.42 Å². The Morgan fingerprint density at radius 2 is 1.80 bits per heavy atom. The van der Waals surface area contributed by atoms with E-state index in [0.29, 0.717) is 11.8 Å². The van der Waals surface area contributed by atoms with Gasteiger partial charge in [-0.25, -0.2) is 0 Å². The molecule has 0 aliphatic rings. The van der Waals surface area contributed by atoms with Gasteiger partial charge in [0.1, 0.15) is 6.04 Å². The lowest BCUT2D eigenvalue weighted by Crippen LogP contribution is -2.11. The van der Waals surface area contributed by atoms with E-state index in [-0.39, 0.29) is 0 Å². The van der Waals surface area contributed by atoms with Crippen molar-refractivity contribution in [3.05, 3.63) is 70.5 Å². The highest BCUT2D eigenvalue weighted by molar-refractivity contribution is 9.10. The molecule has 20 heavy (non-hydrogen) atoms. The van der Waals surface area contributed by atoms with Crippen molar-refractivity contribution in [2.45, 2.75) is 6.04 Å². The number of nitrogens with zero attached hydrogens (tertiary/aromatic N) is 2. The molecule has 0 fully saturated rings. The molecule has 1 unspecified atom stereocenters. The molecule has 0 radical (unpaired) electrons. The number of halogens is 1. The molecule has 0 aliphatic heterocycles. The maximum atomic E-state index is 6.13. The molecule has 1 atom stereocenters. The maximum Gasteiger partial charge on any atom is 0.247 e. The number of hydrogen-bond acceptors (Lipinski definition) is 4. The second kappa shape index (κ2) is 5.56. The Bertz CT molecular complexity index is 712. The van der Waals surface area contributed by atoms with E-state index in [1.54, 1.807) is 0 Å². The molecule has 0 bridgehead atoms. The summed E-state index contributed by atoms with van der Waals surface area (Å²) in [6, 6.07) is 17.0. The summed E-state index contributed by atoms with van der Waals surface area (Å²) in [6.07, 6.45) is 0. The molecular formula is C15H12BrN3O. The molecule has 2 aromatic carbocycles. The first-order valence-corrected chi connectivity index (χ1v) is 6.93. The van der Waals surface area contributed by atoms with Gasteiger partial charge in [0.15, 0.2) is 0 Å². The van der Waals surface area contributed by atoms with Crippen LogP contribution in [0.25, 0.3) is 11.5 Å². The van der Waals surface area contributed by atoms with Gasteiger partial charge in [0.2, 0.25) is 11.8 Å². The average molecular weight is 330 g/mol. The highest BCUT2D eigenvalue weighted by Gasteiger charge is 2.17. The van der Waals surface area contributed by atoms with Crippen LogP contribution in [0.1, 0.15) is 17.5 Å². The molecular weight excluding hydrogens is 318 g/mol. The summed E-state index contributed by atoms with van der Waals surface area (Å²) in [5.74, 6) is 0.874. The predicted molar refractivity (Wildman–Crippen MR) is 79.9 cm³/mol. The fourth-order valence-corrected chi connectivity index (χ4v) is 2.30. The van der Waals surface area contributed by atoms with Gasteiger partial charge in [-0.15, -0.1) is 10.2 Å². The van der Waals surface area contributed by atoms with Gasteiger partial charge in [-0.3, -0.25) is 0 Å². The smallest absolute Gasteiger partial charge is 0.247 e. The van der Waals surface area contributed by atoms with Crippen molar-refractivity contribution >= 4 is 15.9 Å². The SMILES string of the molecule is NC(c1ccccc1)c1nnc(-c2cccc(Br)c2)o1. The van der Waals surface area contributed by atoms with Crippen molar-refractivity contribution in [1.29, 1.82) is 0 Å². The molecule has 1 heterocycles. The summed E-state index contributed by atoms with van der Waals surface area (Å²) in [5, 5.41) is 8.10. The first-order valence-electron chi connectivity index (χ1n) is 6.14. The van der Waals surface area contributed by atoms with E-state index < -0.39 is 6.04 Å². The van der Waals surface area contributed by atoms with Crippen molar-refractivity contribution in [1.82, 2.24) is 10.2 Å². The van der Waals surface area contributed by atoms with Crippen molar-refractivity contribution in [3.63, 3.8) is 0 Å². The molecule has 0 saturated carbocycles. The Hall–Kier alpha value is -1.98. The molecule has 4 nitrogen and oxygen atoms in total. The van der Waals surface area contributed by atoms with Crippen LogP contribution in [0.2, 0.25) is 0 Å². The van der Waals surface area contributed by atoms with E-state index in [0.717, 1.165) is 15.6 Å². The van der Waals surface area contributed by atoms with E-state index in [1.807, 2.05) is 54.6 Å². The molecule has 3 rings (SSSR count). The van der Waals surface area contributed by atoms with Crippen LogP contribution >= 0.6 is 15.9 Å².